The molecule has 1 aromatic carbocycles. The fraction of sp³-hybridized carbons (Fsp3) is 0.267. The van der Waals surface area contributed by atoms with E-state index in [0.717, 1.165) is 5.39 Å². The van der Waals surface area contributed by atoms with Gasteiger partial charge in [-0.25, -0.2) is 4.79 Å². The van der Waals surface area contributed by atoms with Gasteiger partial charge in [0.1, 0.15) is 11.7 Å². The molecule has 0 fully saturated rings. The van der Waals surface area contributed by atoms with Crippen LogP contribution in [0.15, 0.2) is 40.9 Å². The number of carboxylic acid groups (broad SMARTS) is 1. The summed E-state index contributed by atoms with van der Waals surface area (Å²) >= 11 is 0. The molecule has 0 bridgehead atoms. The van der Waals surface area contributed by atoms with E-state index in [0.29, 0.717) is 11.3 Å². The van der Waals surface area contributed by atoms with Gasteiger partial charge in [-0.3, -0.25) is 4.79 Å². The number of amides is 1. The predicted octanol–water partition coefficient (Wildman–Crippen LogP) is 1.91. The first-order chi connectivity index (χ1) is 10.1. The monoisotopic (exact) mass is 288 g/mol. The number of carboxylic acids is 1. The zero-order valence-electron chi connectivity index (χ0n) is 11.6. The minimum atomic E-state index is -1.06. The summed E-state index contributed by atoms with van der Waals surface area (Å²) in [4.78, 5) is 23.0. The van der Waals surface area contributed by atoms with E-state index in [1.807, 2.05) is 18.2 Å². The number of carbonyl (C=O) groups is 2. The van der Waals surface area contributed by atoms with E-state index >= 15 is 0 Å². The molecule has 2 rings (SSSR count). The fourth-order valence-corrected chi connectivity index (χ4v) is 1.96. The quantitative estimate of drug-likeness (QED) is 0.792. The third-order valence-electron chi connectivity index (χ3n) is 3.02. The van der Waals surface area contributed by atoms with Gasteiger partial charge >= 0.3 is 5.97 Å². The highest BCUT2D eigenvalue weighted by atomic mass is 16.5. The van der Waals surface area contributed by atoms with Gasteiger partial charge in [0.2, 0.25) is 5.91 Å². The van der Waals surface area contributed by atoms with E-state index in [-0.39, 0.29) is 12.8 Å². The van der Waals surface area contributed by atoms with Gasteiger partial charge in [0.15, 0.2) is 5.58 Å². The summed E-state index contributed by atoms with van der Waals surface area (Å²) < 4.78 is 5.11. The largest absolute Gasteiger partial charge is 0.480 e. The Morgan fingerprint density at radius 3 is 2.90 bits per heavy atom. The minimum Gasteiger partial charge on any atom is -0.480 e. The molecular weight excluding hydrogens is 272 g/mol. The first kappa shape index (κ1) is 14.8. The van der Waals surface area contributed by atoms with Crippen LogP contribution in [-0.2, 0) is 16.0 Å². The Morgan fingerprint density at radius 1 is 1.43 bits per heavy atom. The summed E-state index contributed by atoms with van der Waals surface area (Å²) in [7, 11) is 0. The molecule has 1 atom stereocenters. The molecule has 6 heteroatoms. The number of para-hydroxylation sites is 1. The van der Waals surface area contributed by atoms with Crippen molar-refractivity contribution in [2.75, 3.05) is 0 Å². The highest BCUT2D eigenvalue weighted by Gasteiger charge is 2.20. The van der Waals surface area contributed by atoms with E-state index in [9.17, 15) is 9.59 Å². The summed E-state index contributed by atoms with van der Waals surface area (Å²) in [5, 5.41) is 16.2. The zero-order chi connectivity index (χ0) is 15.2. The van der Waals surface area contributed by atoms with Gasteiger partial charge in [-0.15, -0.1) is 0 Å². The third-order valence-corrected chi connectivity index (χ3v) is 3.02. The summed E-state index contributed by atoms with van der Waals surface area (Å²) in [6.45, 7) is 1.79. The van der Waals surface area contributed by atoms with Crippen LogP contribution in [0.3, 0.4) is 0 Å². The predicted molar refractivity (Wildman–Crippen MR) is 76.7 cm³/mol. The van der Waals surface area contributed by atoms with Crippen LogP contribution < -0.4 is 5.32 Å². The summed E-state index contributed by atoms with van der Waals surface area (Å²) in [5.41, 5.74) is 1.10. The van der Waals surface area contributed by atoms with Crippen LogP contribution >= 0.6 is 0 Å². The number of carbonyl (C=O) groups excluding carboxylic acids is 1. The Hall–Kier alpha value is -2.63. The Morgan fingerprint density at radius 2 is 2.19 bits per heavy atom. The van der Waals surface area contributed by atoms with E-state index < -0.39 is 17.9 Å². The van der Waals surface area contributed by atoms with Crippen molar-refractivity contribution in [2.45, 2.75) is 25.8 Å². The van der Waals surface area contributed by atoms with Crippen molar-refractivity contribution >= 4 is 22.8 Å². The Kier molecular flexibility index (Phi) is 4.71. The summed E-state index contributed by atoms with van der Waals surface area (Å²) in [5.74, 6) is -1.46. The number of fused-ring (bicyclic) bond motifs is 1. The fourth-order valence-electron chi connectivity index (χ4n) is 1.96. The maximum Gasteiger partial charge on any atom is 0.326 e. The Labute approximate surface area is 121 Å². The first-order valence-corrected chi connectivity index (χ1v) is 6.58. The number of nitrogens with one attached hydrogen (secondary N) is 1. The Bertz CT molecular complexity index is 675. The molecule has 0 saturated heterocycles. The van der Waals surface area contributed by atoms with Crippen molar-refractivity contribution in [1.82, 2.24) is 10.5 Å². The molecule has 0 spiro atoms. The molecule has 1 heterocycles. The van der Waals surface area contributed by atoms with Crippen LogP contribution in [-0.4, -0.2) is 28.2 Å². The van der Waals surface area contributed by atoms with Gasteiger partial charge in [-0.2, -0.15) is 0 Å². The number of benzene rings is 1. The number of rotatable bonds is 6. The molecule has 1 amide bonds. The van der Waals surface area contributed by atoms with E-state index in [4.69, 9.17) is 9.63 Å². The number of hydrogen-bond acceptors (Lipinski definition) is 4. The van der Waals surface area contributed by atoms with Crippen molar-refractivity contribution < 1.29 is 19.2 Å². The number of aromatic nitrogens is 1. The molecule has 0 saturated carbocycles. The van der Waals surface area contributed by atoms with Crippen molar-refractivity contribution in [3.05, 3.63) is 42.1 Å². The van der Waals surface area contributed by atoms with Gasteiger partial charge in [0.05, 0.1) is 6.42 Å². The minimum absolute atomic E-state index is 0.0172. The van der Waals surface area contributed by atoms with Gasteiger partial charge in [-0.1, -0.05) is 29.4 Å². The number of allylic oxidation sites excluding steroid dienone is 1. The van der Waals surface area contributed by atoms with E-state index in [1.165, 1.54) is 0 Å². The summed E-state index contributed by atoms with van der Waals surface area (Å²) in [6.07, 6.45) is 3.67. The maximum atomic E-state index is 12.0. The molecule has 1 aromatic heterocycles. The average molecular weight is 288 g/mol. The van der Waals surface area contributed by atoms with Crippen molar-refractivity contribution in [3.63, 3.8) is 0 Å². The molecule has 6 nitrogen and oxygen atoms in total. The standard InChI is InChI=1S/C15H16N2O4/c1-2-3-7-11(15(19)20)16-14(18)9-12-10-6-4-5-8-13(10)21-17-12/h2-6,8,11H,7,9H2,1H3,(H,16,18)(H,19,20)/b3-2+. The molecule has 2 N–H and O–H groups in total. The van der Waals surface area contributed by atoms with Crippen molar-refractivity contribution in [1.29, 1.82) is 0 Å². The lowest BCUT2D eigenvalue weighted by Crippen LogP contribution is -2.41. The topological polar surface area (TPSA) is 92.4 Å². The molecule has 110 valence electrons. The van der Waals surface area contributed by atoms with Crippen LogP contribution in [0.2, 0.25) is 0 Å². The molecule has 0 radical (unpaired) electrons. The molecule has 0 aliphatic heterocycles. The van der Waals surface area contributed by atoms with Gasteiger partial charge in [0, 0.05) is 5.39 Å². The molecular formula is C15H16N2O4. The number of nitrogens with zero attached hydrogens (tertiary/aromatic N) is 1. The van der Waals surface area contributed by atoms with Crippen LogP contribution in [0.4, 0.5) is 0 Å². The normalized spacial score (nSPS) is 12.6. The molecule has 21 heavy (non-hydrogen) atoms. The van der Waals surface area contributed by atoms with Crippen LogP contribution in [0.5, 0.6) is 0 Å². The van der Waals surface area contributed by atoms with Gasteiger partial charge < -0.3 is 14.9 Å². The molecule has 0 aliphatic rings. The zero-order valence-corrected chi connectivity index (χ0v) is 11.6. The van der Waals surface area contributed by atoms with Crippen LogP contribution in [0, 0.1) is 0 Å². The molecule has 2 aromatic rings. The van der Waals surface area contributed by atoms with Crippen molar-refractivity contribution in [2.24, 2.45) is 0 Å². The first-order valence-electron chi connectivity index (χ1n) is 6.58. The third kappa shape index (κ3) is 3.68. The lowest BCUT2D eigenvalue weighted by atomic mass is 10.1. The number of aliphatic carboxylic acids is 1. The second-order valence-corrected chi connectivity index (χ2v) is 4.57. The SMILES string of the molecule is C/C=C/CC(NC(=O)Cc1noc2ccccc12)C(=O)O. The lowest BCUT2D eigenvalue weighted by Gasteiger charge is -2.11. The highest BCUT2D eigenvalue weighted by molar-refractivity contribution is 5.88. The van der Waals surface area contributed by atoms with E-state index in [2.05, 4.69) is 10.5 Å². The second kappa shape index (κ2) is 6.69. The van der Waals surface area contributed by atoms with Crippen LogP contribution in [0.25, 0.3) is 11.0 Å². The Balaban J connectivity index is 2.05. The summed E-state index contributed by atoms with van der Waals surface area (Å²) in [6, 6.07) is 6.27. The number of hydrogen-bond donors (Lipinski definition) is 2. The van der Waals surface area contributed by atoms with Gasteiger partial charge in [0.25, 0.3) is 0 Å². The lowest BCUT2D eigenvalue weighted by molar-refractivity contribution is -0.141. The molecule has 0 aliphatic carbocycles. The smallest absolute Gasteiger partial charge is 0.326 e. The highest BCUT2D eigenvalue weighted by Crippen LogP contribution is 2.18. The van der Waals surface area contributed by atoms with E-state index in [1.54, 1.807) is 25.1 Å². The maximum absolute atomic E-state index is 12.0. The average Bonchev–Trinajstić information content (AvgIpc) is 2.86. The van der Waals surface area contributed by atoms with Gasteiger partial charge in [-0.05, 0) is 25.5 Å². The van der Waals surface area contributed by atoms with Crippen molar-refractivity contribution in [3.8, 4) is 0 Å². The van der Waals surface area contributed by atoms with Crippen LogP contribution in [0.1, 0.15) is 19.0 Å². The molecule has 1 unspecified atom stereocenters. The second-order valence-electron chi connectivity index (χ2n) is 4.57.